The lowest BCUT2D eigenvalue weighted by Gasteiger charge is -2.37. The Morgan fingerprint density at radius 3 is 2.46 bits per heavy atom. The van der Waals surface area contributed by atoms with Crippen molar-refractivity contribution in [2.24, 2.45) is 0 Å². The maximum absolute atomic E-state index is 14.6. The Hall–Kier alpha value is -1.86. The van der Waals surface area contributed by atoms with Gasteiger partial charge in [0.05, 0.1) is 17.9 Å². The first-order valence-electron chi connectivity index (χ1n) is 9.36. The molecule has 0 saturated carbocycles. The normalized spacial score (nSPS) is 25.2. The van der Waals surface area contributed by atoms with Crippen molar-refractivity contribution >= 4 is 17.4 Å². The zero-order chi connectivity index (χ0) is 18.7. The number of likely N-dealkylation sites (tertiary alicyclic amines) is 1. The monoisotopic (exact) mass is 364 g/mol. The lowest BCUT2D eigenvalue weighted by molar-refractivity contribution is -0.00539. The van der Waals surface area contributed by atoms with Crippen molar-refractivity contribution in [2.45, 2.75) is 44.9 Å². The molecule has 2 saturated heterocycles. The summed E-state index contributed by atoms with van der Waals surface area (Å²) in [7, 11) is 2.08. The second-order valence-corrected chi connectivity index (χ2v) is 7.50. The Balaban J connectivity index is 1.58. The summed E-state index contributed by atoms with van der Waals surface area (Å²) in [4.78, 5) is 16.4. The molecule has 2 aliphatic rings. The van der Waals surface area contributed by atoms with Crippen molar-refractivity contribution in [1.82, 2.24) is 10.2 Å². The van der Waals surface area contributed by atoms with Crippen LogP contribution in [0.25, 0.3) is 0 Å². The van der Waals surface area contributed by atoms with Crippen LogP contribution in [0.1, 0.15) is 26.7 Å². The minimum Gasteiger partial charge on any atom is -0.372 e. The van der Waals surface area contributed by atoms with Gasteiger partial charge in [-0.15, -0.1) is 0 Å². The minimum atomic E-state index is -0.330. The molecule has 1 aromatic carbocycles. The maximum Gasteiger partial charge on any atom is 0.319 e. The summed E-state index contributed by atoms with van der Waals surface area (Å²) in [5.74, 6) is -0.330. The van der Waals surface area contributed by atoms with E-state index in [1.54, 1.807) is 12.1 Å². The lowest BCUT2D eigenvalue weighted by Crippen LogP contribution is -2.46. The van der Waals surface area contributed by atoms with Crippen LogP contribution in [0.3, 0.4) is 0 Å². The zero-order valence-corrected chi connectivity index (χ0v) is 15.8. The van der Waals surface area contributed by atoms with Crippen LogP contribution in [0.5, 0.6) is 0 Å². The molecule has 2 heterocycles. The second-order valence-electron chi connectivity index (χ2n) is 7.50. The van der Waals surface area contributed by atoms with E-state index in [1.165, 1.54) is 6.07 Å². The van der Waals surface area contributed by atoms with Crippen LogP contribution >= 0.6 is 0 Å². The maximum atomic E-state index is 14.6. The Labute approximate surface area is 154 Å². The van der Waals surface area contributed by atoms with Crippen molar-refractivity contribution in [3.8, 4) is 0 Å². The third-order valence-corrected chi connectivity index (χ3v) is 5.02. The number of nitrogens with zero attached hydrogens (tertiary/aromatic N) is 2. The molecule has 0 spiro atoms. The minimum absolute atomic E-state index is 0.0660. The predicted molar refractivity (Wildman–Crippen MR) is 101 cm³/mol. The molecule has 6 nitrogen and oxygen atoms in total. The number of morpholine rings is 1. The highest BCUT2D eigenvalue weighted by Crippen LogP contribution is 2.26. The highest BCUT2D eigenvalue weighted by atomic mass is 19.1. The topological polar surface area (TPSA) is 56.8 Å². The molecule has 2 unspecified atom stereocenters. The van der Waals surface area contributed by atoms with Crippen LogP contribution in [0.4, 0.5) is 20.6 Å². The number of piperidine rings is 1. The standard InChI is InChI=1S/C19H29FN4O2/c1-13-11-24(12-14(2)26-13)18-5-4-16(10-17(18)20)22-19(25)21-15-6-8-23(3)9-7-15/h4-5,10,13-15H,6-9,11-12H2,1-3H3,(H2,21,22,25). The molecule has 2 atom stereocenters. The van der Waals surface area contributed by atoms with E-state index in [9.17, 15) is 9.18 Å². The van der Waals surface area contributed by atoms with Crippen molar-refractivity contribution in [1.29, 1.82) is 0 Å². The lowest BCUT2D eigenvalue weighted by atomic mass is 10.1. The van der Waals surface area contributed by atoms with Gasteiger partial charge in [-0.1, -0.05) is 0 Å². The van der Waals surface area contributed by atoms with Crippen LogP contribution in [0.15, 0.2) is 18.2 Å². The number of halogens is 1. The molecule has 0 bridgehead atoms. The van der Waals surface area contributed by atoms with Gasteiger partial charge in [-0.3, -0.25) is 0 Å². The molecule has 1 aromatic rings. The van der Waals surface area contributed by atoms with E-state index in [2.05, 4.69) is 22.6 Å². The molecule has 2 N–H and O–H groups in total. The van der Waals surface area contributed by atoms with Gasteiger partial charge in [0, 0.05) is 24.8 Å². The molecule has 0 radical (unpaired) electrons. The van der Waals surface area contributed by atoms with Crippen molar-refractivity contribution in [3.05, 3.63) is 24.0 Å². The van der Waals surface area contributed by atoms with Crippen molar-refractivity contribution in [3.63, 3.8) is 0 Å². The van der Waals surface area contributed by atoms with Crippen LogP contribution in [0, 0.1) is 5.82 Å². The van der Waals surface area contributed by atoms with Gasteiger partial charge in [0.15, 0.2) is 0 Å². The molecule has 144 valence electrons. The van der Waals surface area contributed by atoms with E-state index in [-0.39, 0.29) is 30.1 Å². The smallest absolute Gasteiger partial charge is 0.319 e. The van der Waals surface area contributed by atoms with Gasteiger partial charge in [-0.05, 0) is 65.0 Å². The molecule has 7 heteroatoms. The van der Waals surface area contributed by atoms with Gasteiger partial charge < -0.3 is 25.2 Å². The molecule has 2 amide bonds. The van der Waals surface area contributed by atoms with Gasteiger partial charge in [0.2, 0.25) is 0 Å². The fourth-order valence-electron chi connectivity index (χ4n) is 3.72. The predicted octanol–water partition coefficient (Wildman–Crippen LogP) is 2.66. The van der Waals surface area contributed by atoms with E-state index in [0.717, 1.165) is 25.9 Å². The van der Waals surface area contributed by atoms with E-state index >= 15 is 0 Å². The van der Waals surface area contributed by atoms with E-state index < -0.39 is 0 Å². The number of urea groups is 1. The molecular weight excluding hydrogens is 335 g/mol. The highest BCUT2D eigenvalue weighted by molar-refractivity contribution is 5.89. The Bertz CT molecular complexity index is 624. The number of nitrogens with one attached hydrogen (secondary N) is 2. The SMILES string of the molecule is CC1CN(c2ccc(NC(=O)NC3CCN(C)CC3)cc2F)CC(C)O1. The summed E-state index contributed by atoms with van der Waals surface area (Å²) in [6.45, 7) is 7.25. The van der Waals surface area contributed by atoms with Gasteiger partial charge in [0.1, 0.15) is 5.82 Å². The van der Waals surface area contributed by atoms with Crippen molar-refractivity contribution in [2.75, 3.05) is 43.4 Å². The summed E-state index contributed by atoms with van der Waals surface area (Å²) < 4.78 is 20.3. The van der Waals surface area contributed by atoms with Crippen LogP contribution in [-0.4, -0.2) is 62.4 Å². The molecule has 26 heavy (non-hydrogen) atoms. The summed E-state index contributed by atoms with van der Waals surface area (Å²) >= 11 is 0. The number of amides is 2. The molecule has 0 aliphatic carbocycles. The van der Waals surface area contributed by atoms with Gasteiger partial charge >= 0.3 is 6.03 Å². The number of rotatable bonds is 3. The molecule has 3 rings (SSSR count). The number of hydrogen-bond acceptors (Lipinski definition) is 4. The summed E-state index contributed by atoms with van der Waals surface area (Å²) in [5.41, 5.74) is 1.01. The molecule has 2 fully saturated rings. The summed E-state index contributed by atoms with van der Waals surface area (Å²) in [6.07, 6.45) is 2.00. The van der Waals surface area contributed by atoms with E-state index in [4.69, 9.17) is 4.74 Å². The Morgan fingerprint density at radius 1 is 1.19 bits per heavy atom. The number of anilines is 2. The average molecular weight is 364 g/mol. The van der Waals surface area contributed by atoms with Crippen LogP contribution in [-0.2, 0) is 4.74 Å². The quantitative estimate of drug-likeness (QED) is 0.866. The first-order chi connectivity index (χ1) is 12.4. The largest absolute Gasteiger partial charge is 0.372 e. The number of benzene rings is 1. The Kier molecular flexibility index (Phi) is 5.98. The average Bonchev–Trinajstić information content (AvgIpc) is 2.56. The van der Waals surface area contributed by atoms with Gasteiger partial charge in [-0.2, -0.15) is 0 Å². The van der Waals surface area contributed by atoms with Crippen LogP contribution < -0.4 is 15.5 Å². The number of ether oxygens (including phenoxy) is 1. The van der Waals surface area contributed by atoms with E-state index in [0.29, 0.717) is 24.5 Å². The summed E-state index contributed by atoms with van der Waals surface area (Å²) in [5, 5.41) is 5.71. The fraction of sp³-hybridized carbons (Fsp3) is 0.632. The van der Waals surface area contributed by atoms with Crippen LogP contribution in [0.2, 0.25) is 0 Å². The number of carbonyl (C=O) groups excluding carboxylic acids is 1. The number of carbonyl (C=O) groups is 1. The first-order valence-corrected chi connectivity index (χ1v) is 9.36. The van der Waals surface area contributed by atoms with Crippen molar-refractivity contribution < 1.29 is 13.9 Å². The fourth-order valence-corrected chi connectivity index (χ4v) is 3.72. The third kappa shape index (κ3) is 4.86. The van der Waals surface area contributed by atoms with Gasteiger partial charge in [0.25, 0.3) is 0 Å². The molecule has 0 aromatic heterocycles. The molecule has 2 aliphatic heterocycles. The molecular formula is C19H29FN4O2. The third-order valence-electron chi connectivity index (χ3n) is 5.02. The number of hydrogen-bond donors (Lipinski definition) is 2. The van der Waals surface area contributed by atoms with E-state index in [1.807, 2.05) is 18.7 Å². The Morgan fingerprint density at radius 2 is 1.85 bits per heavy atom. The highest BCUT2D eigenvalue weighted by Gasteiger charge is 2.24. The zero-order valence-electron chi connectivity index (χ0n) is 15.8. The summed E-state index contributed by atoms with van der Waals surface area (Å²) in [6, 6.07) is 4.75. The second kappa shape index (κ2) is 8.22. The first kappa shape index (κ1) is 18.9. The van der Waals surface area contributed by atoms with Gasteiger partial charge in [-0.25, -0.2) is 9.18 Å².